The van der Waals surface area contributed by atoms with Crippen LogP contribution in [-0.4, -0.2) is 41.7 Å². The van der Waals surface area contributed by atoms with Gasteiger partial charge in [0.15, 0.2) is 0 Å². The Labute approximate surface area is 189 Å². The molecule has 1 amide bonds. The van der Waals surface area contributed by atoms with Crippen LogP contribution in [0.1, 0.15) is 20.8 Å². The Kier molecular flexibility index (Phi) is 7.55. The molecule has 160 valence electrons. The quantitative estimate of drug-likeness (QED) is 0.623. The lowest BCUT2D eigenvalue weighted by Crippen LogP contribution is -2.35. The summed E-state index contributed by atoms with van der Waals surface area (Å²) < 4.78 is 7.26. The number of nitrogens with one attached hydrogen (secondary N) is 1. The number of carbonyl (C=O) groups excluding carboxylic acids is 1. The second-order valence-electron chi connectivity index (χ2n) is 7.11. The highest BCUT2D eigenvalue weighted by Gasteiger charge is 2.18. The molecule has 1 N–H and O–H groups in total. The summed E-state index contributed by atoms with van der Waals surface area (Å²) in [6.45, 7) is 4.39. The molecule has 0 radical (unpaired) electrons. The van der Waals surface area contributed by atoms with Gasteiger partial charge in [0.25, 0.3) is 5.91 Å². The van der Waals surface area contributed by atoms with Crippen molar-refractivity contribution in [2.45, 2.75) is 13.1 Å². The van der Waals surface area contributed by atoms with E-state index in [1.165, 1.54) is 0 Å². The Morgan fingerprint density at radius 2 is 1.93 bits per heavy atom. The van der Waals surface area contributed by atoms with Gasteiger partial charge in [-0.25, -0.2) is 0 Å². The lowest BCUT2D eigenvalue weighted by Gasteiger charge is -2.25. The number of halogens is 2. The summed E-state index contributed by atoms with van der Waals surface area (Å²) in [5, 5.41) is 4.07. The summed E-state index contributed by atoms with van der Waals surface area (Å²) in [5.41, 5.74) is 0.852. The number of benzene rings is 1. The zero-order valence-electron chi connectivity index (χ0n) is 16.5. The number of thiophene rings is 1. The predicted molar refractivity (Wildman–Crippen MR) is 123 cm³/mol. The van der Waals surface area contributed by atoms with Crippen molar-refractivity contribution < 1.29 is 9.53 Å². The van der Waals surface area contributed by atoms with Gasteiger partial charge in [-0.1, -0.05) is 23.7 Å². The van der Waals surface area contributed by atoms with Crippen molar-refractivity contribution in [1.82, 2.24) is 14.8 Å². The third kappa shape index (κ3) is 5.04. The number of fused-ring (bicyclic) bond motifs is 1. The van der Waals surface area contributed by atoms with E-state index in [0.717, 1.165) is 48.1 Å². The molecule has 1 aliphatic rings. The molecular weight excluding hydrogens is 445 g/mol. The molecule has 1 fully saturated rings. The first-order valence-electron chi connectivity index (χ1n) is 9.46. The van der Waals surface area contributed by atoms with Gasteiger partial charge in [0.05, 0.1) is 18.6 Å². The zero-order valence-corrected chi connectivity index (χ0v) is 18.9. The molecule has 1 aliphatic heterocycles. The van der Waals surface area contributed by atoms with Crippen LogP contribution in [0.4, 0.5) is 0 Å². The van der Waals surface area contributed by atoms with Gasteiger partial charge in [0.1, 0.15) is 10.4 Å². The van der Waals surface area contributed by atoms with E-state index in [0.29, 0.717) is 17.0 Å². The maximum absolute atomic E-state index is 13.0. The molecule has 0 aliphatic carbocycles. The van der Waals surface area contributed by atoms with E-state index in [2.05, 4.69) is 10.2 Å². The smallest absolute Gasteiger partial charge is 0.257 e. The van der Waals surface area contributed by atoms with E-state index >= 15 is 0 Å². The van der Waals surface area contributed by atoms with Gasteiger partial charge in [0.2, 0.25) is 5.43 Å². The summed E-state index contributed by atoms with van der Waals surface area (Å²) in [7, 11) is 1.87. The molecule has 0 atom stereocenters. The average Bonchev–Trinajstić information content (AvgIpc) is 3.15. The number of aryl methyl sites for hydroxylation is 1. The molecule has 0 bridgehead atoms. The number of amides is 1. The van der Waals surface area contributed by atoms with Gasteiger partial charge < -0.3 is 14.6 Å². The van der Waals surface area contributed by atoms with Gasteiger partial charge in [0, 0.05) is 49.3 Å². The lowest BCUT2D eigenvalue weighted by atomic mass is 10.2. The third-order valence-corrected chi connectivity index (χ3v) is 6.45. The van der Waals surface area contributed by atoms with Crippen LogP contribution in [0.2, 0.25) is 5.02 Å². The van der Waals surface area contributed by atoms with Crippen molar-refractivity contribution in [3.05, 3.63) is 67.8 Å². The van der Waals surface area contributed by atoms with Crippen molar-refractivity contribution in [2.24, 2.45) is 7.05 Å². The number of hydrogen-bond acceptors (Lipinski definition) is 5. The fraction of sp³-hybridized carbons (Fsp3) is 0.333. The van der Waals surface area contributed by atoms with Crippen LogP contribution in [0.25, 0.3) is 10.2 Å². The molecule has 0 spiro atoms. The standard InChI is InChI=1S/C21H22ClN3O3S.ClH/c1-24-13-18(20(27)23-11-14-2-4-15(22)5-3-14)19(26)17-10-16(29-21(17)24)12-25-6-8-28-9-7-25;/h2-5,10,13H,6-9,11-12H2,1H3,(H,23,27);1H. The SMILES string of the molecule is Cl.Cn1cc(C(=O)NCc2ccc(Cl)cc2)c(=O)c2cc(CN3CCOCC3)sc21. The Morgan fingerprint density at radius 3 is 2.63 bits per heavy atom. The Morgan fingerprint density at radius 1 is 1.23 bits per heavy atom. The summed E-state index contributed by atoms with van der Waals surface area (Å²) >= 11 is 7.49. The minimum Gasteiger partial charge on any atom is -0.379 e. The van der Waals surface area contributed by atoms with Crippen LogP contribution >= 0.6 is 35.3 Å². The zero-order chi connectivity index (χ0) is 20.4. The third-order valence-electron chi connectivity index (χ3n) is 4.99. The number of ether oxygens (including phenoxy) is 1. The molecule has 3 aromatic rings. The van der Waals surface area contributed by atoms with Crippen LogP contribution in [0.3, 0.4) is 0 Å². The van der Waals surface area contributed by atoms with Crippen molar-refractivity contribution in [1.29, 1.82) is 0 Å². The second-order valence-corrected chi connectivity index (χ2v) is 8.66. The van der Waals surface area contributed by atoms with Gasteiger partial charge in [-0.15, -0.1) is 23.7 Å². The normalized spacial score (nSPS) is 14.5. The van der Waals surface area contributed by atoms with Gasteiger partial charge in [-0.2, -0.15) is 0 Å². The van der Waals surface area contributed by atoms with E-state index in [-0.39, 0.29) is 29.3 Å². The molecule has 1 saturated heterocycles. The van der Waals surface area contributed by atoms with Gasteiger partial charge >= 0.3 is 0 Å². The Bertz CT molecular complexity index is 1090. The highest BCUT2D eigenvalue weighted by molar-refractivity contribution is 7.18. The highest BCUT2D eigenvalue weighted by atomic mass is 35.5. The molecule has 0 saturated carbocycles. The van der Waals surface area contributed by atoms with Gasteiger partial charge in [-0.05, 0) is 23.8 Å². The molecule has 4 rings (SSSR count). The van der Waals surface area contributed by atoms with E-state index in [9.17, 15) is 9.59 Å². The number of carbonyl (C=O) groups is 1. The second kappa shape index (κ2) is 9.94. The minimum atomic E-state index is -0.372. The first-order valence-corrected chi connectivity index (χ1v) is 10.7. The largest absolute Gasteiger partial charge is 0.379 e. The van der Waals surface area contributed by atoms with Crippen LogP contribution in [0.15, 0.2) is 41.3 Å². The van der Waals surface area contributed by atoms with Crippen molar-refractivity contribution >= 4 is 51.5 Å². The van der Waals surface area contributed by atoms with Gasteiger partial charge in [-0.3, -0.25) is 14.5 Å². The van der Waals surface area contributed by atoms with Crippen LogP contribution in [0.5, 0.6) is 0 Å². The molecule has 2 aromatic heterocycles. The van der Waals surface area contributed by atoms with E-state index in [4.69, 9.17) is 16.3 Å². The molecule has 1 aromatic carbocycles. The van der Waals surface area contributed by atoms with Crippen LogP contribution in [-0.2, 0) is 24.9 Å². The average molecular weight is 468 g/mol. The number of aromatic nitrogens is 1. The number of rotatable bonds is 5. The van der Waals surface area contributed by atoms with Crippen molar-refractivity contribution in [3.63, 3.8) is 0 Å². The number of hydrogen-bond donors (Lipinski definition) is 1. The van der Waals surface area contributed by atoms with Crippen molar-refractivity contribution in [3.8, 4) is 0 Å². The molecule has 3 heterocycles. The molecule has 9 heteroatoms. The molecule has 30 heavy (non-hydrogen) atoms. The van der Waals surface area contributed by atoms with Crippen LogP contribution < -0.4 is 10.7 Å². The van der Waals surface area contributed by atoms with E-state index < -0.39 is 0 Å². The minimum absolute atomic E-state index is 0. The summed E-state index contributed by atoms with van der Waals surface area (Å²) in [5.74, 6) is -0.372. The highest BCUT2D eigenvalue weighted by Crippen LogP contribution is 2.25. The topological polar surface area (TPSA) is 63.6 Å². The monoisotopic (exact) mass is 467 g/mol. The van der Waals surface area contributed by atoms with Crippen molar-refractivity contribution in [2.75, 3.05) is 26.3 Å². The summed E-state index contributed by atoms with van der Waals surface area (Å²) in [6.07, 6.45) is 1.62. The number of pyridine rings is 1. The molecular formula is C21H23Cl2N3O3S. The fourth-order valence-electron chi connectivity index (χ4n) is 3.41. The molecule has 0 unspecified atom stereocenters. The predicted octanol–water partition coefficient (Wildman–Crippen LogP) is 3.44. The maximum atomic E-state index is 13.0. The Hall–Kier alpha value is -1.90. The Balaban J connectivity index is 0.00000256. The van der Waals surface area contributed by atoms with Crippen LogP contribution in [0, 0.1) is 0 Å². The first-order chi connectivity index (χ1) is 14.0. The molecule has 6 nitrogen and oxygen atoms in total. The lowest BCUT2D eigenvalue weighted by molar-refractivity contribution is 0.0346. The summed E-state index contributed by atoms with van der Waals surface area (Å²) in [6, 6.07) is 9.17. The fourth-order valence-corrected chi connectivity index (χ4v) is 4.67. The first kappa shape index (κ1) is 22.8. The number of nitrogens with zero attached hydrogens (tertiary/aromatic N) is 2. The summed E-state index contributed by atoms with van der Waals surface area (Å²) in [4.78, 5) is 29.9. The maximum Gasteiger partial charge on any atom is 0.257 e. The van der Waals surface area contributed by atoms with E-state index in [1.54, 1.807) is 29.7 Å². The van der Waals surface area contributed by atoms with E-state index in [1.807, 2.05) is 29.8 Å². The number of morpholine rings is 1.